The van der Waals surface area contributed by atoms with E-state index in [1.54, 1.807) is 0 Å². The fourth-order valence-electron chi connectivity index (χ4n) is 5.64. The molecule has 3 aliphatic heterocycles. The maximum Gasteiger partial charge on any atom is 0.261 e. The minimum absolute atomic E-state index is 0.0335. The molecule has 2 aromatic carbocycles. The molecule has 1 aliphatic carbocycles. The summed E-state index contributed by atoms with van der Waals surface area (Å²) in [6.07, 6.45) is 6.38. The monoisotopic (exact) mass is 462 g/mol. The highest BCUT2D eigenvalue weighted by molar-refractivity contribution is 6.00. The minimum Gasteiger partial charge on any atom is -0.490 e. The van der Waals surface area contributed by atoms with Gasteiger partial charge in [-0.25, -0.2) is 0 Å². The van der Waals surface area contributed by atoms with E-state index >= 15 is 0 Å². The summed E-state index contributed by atoms with van der Waals surface area (Å²) in [5, 5.41) is 2.92. The standard InChI is InChI=1S/C27H30N2O5/c1-16-10-23-26(24(11-16)34-19-4-2-3-5-19)27(31)29-14-21(12-18(29)15-32-23)33-20-8-6-17-7-9-25(30)28-22(17)13-20/h6,8,10-11,13,18-19,21H,2-5,7,9,12,14-15H2,1H3,(H,28,30)/t18-,21+/m1/s1. The number of aryl methyl sites for hydroxylation is 2. The largest absolute Gasteiger partial charge is 0.490 e. The van der Waals surface area contributed by atoms with Crippen LogP contribution in [0.15, 0.2) is 30.3 Å². The van der Waals surface area contributed by atoms with E-state index in [4.69, 9.17) is 14.2 Å². The summed E-state index contributed by atoms with van der Waals surface area (Å²) in [4.78, 5) is 27.4. The Morgan fingerprint density at radius 3 is 2.74 bits per heavy atom. The van der Waals surface area contributed by atoms with E-state index in [9.17, 15) is 9.59 Å². The predicted molar refractivity (Wildman–Crippen MR) is 127 cm³/mol. The Hall–Kier alpha value is -3.22. The van der Waals surface area contributed by atoms with Gasteiger partial charge in [0.05, 0.1) is 18.7 Å². The van der Waals surface area contributed by atoms with Crippen molar-refractivity contribution in [2.45, 2.75) is 70.1 Å². The second-order valence-electron chi connectivity index (χ2n) is 9.93. The van der Waals surface area contributed by atoms with Gasteiger partial charge in [0, 0.05) is 24.6 Å². The molecule has 0 spiro atoms. The van der Waals surface area contributed by atoms with Gasteiger partial charge in [0.25, 0.3) is 5.91 Å². The first-order valence-electron chi connectivity index (χ1n) is 12.4. The smallest absolute Gasteiger partial charge is 0.261 e. The van der Waals surface area contributed by atoms with E-state index in [0.29, 0.717) is 48.8 Å². The van der Waals surface area contributed by atoms with E-state index in [-0.39, 0.29) is 30.1 Å². The number of amides is 2. The molecule has 6 rings (SSSR count). The molecule has 0 aromatic heterocycles. The van der Waals surface area contributed by atoms with Gasteiger partial charge in [-0.1, -0.05) is 6.07 Å². The Morgan fingerprint density at radius 2 is 1.88 bits per heavy atom. The third kappa shape index (κ3) is 3.97. The summed E-state index contributed by atoms with van der Waals surface area (Å²) in [6.45, 7) is 2.93. The van der Waals surface area contributed by atoms with E-state index in [2.05, 4.69) is 5.32 Å². The number of nitrogens with one attached hydrogen (secondary N) is 1. The zero-order valence-corrected chi connectivity index (χ0v) is 19.5. The van der Waals surface area contributed by atoms with Crippen LogP contribution in [0.5, 0.6) is 17.2 Å². The molecule has 2 atom stereocenters. The van der Waals surface area contributed by atoms with Gasteiger partial charge in [-0.15, -0.1) is 0 Å². The van der Waals surface area contributed by atoms with Crippen molar-refractivity contribution >= 4 is 17.5 Å². The van der Waals surface area contributed by atoms with Crippen LogP contribution >= 0.6 is 0 Å². The molecule has 3 heterocycles. The number of rotatable bonds is 4. The number of hydrogen-bond acceptors (Lipinski definition) is 5. The Bertz CT molecular complexity index is 1140. The number of anilines is 1. The van der Waals surface area contributed by atoms with Gasteiger partial charge in [0.1, 0.15) is 35.5 Å². The van der Waals surface area contributed by atoms with Gasteiger partial charge in [-0.2, -0.15) is 0 Å². The summed E-state index contributed by atoms with van der Waals surface area (Å²) in [6, 6.07) is 9.69. The Morgan fingerprint density at radius 1 is 1.03 bits per heavy atom. The van der Waals surface area contributed by atoms with Gasteiger partial charge in [-0.3, -0.25) is 9.59 Å². The molecule has 7 nitrogen and oxygen atoms in total. The summed E-state index contributed by atoms with van der Waals surface area (Å²) < 4.78 is 18.7. The topological polar surface area (TPSA) is 77.1 Å². The van der Waals surface area contributed by atoms with Crippen LogP contribution in [0, 0.1) is 6.92 Å². The number of fused-ring (bicyclic) bond motifs is 3. The molecule has 2 amide bonds. The molecule has 0 unspecified atom stereocenters. The maximum absolute atomic E-state index is 13.7. The summed E-state index contributed by atoms with van der Waals surface area (Å²) in [7, 11) is 0. The normalized spacial score (nSPS) is 24.0. The van der Waals surface area contributed by atoms with Gasteiger partial charge in [0.15, 0.2) is 0 Å². The van der Waals surface area contributed by atoms with Gasteiger partial charge < -0.3 is 24.4 Å². The zero-order valence-electron chi connectivity index (χ0n) is 19.5. The van der Waals surface area contributed by atoms with Crippen LogP contribution in [0.4, 0.5) is 5.69 Å². The van der Waals surface area contributed by atoms with Gasteiger partial charge in [0.2, 0.25) is 5.91 Å². The van der Waals surface area contributed by atoms with Crippen molar-refractivity contribution in [3.8, 4) is 17.2 Å². The number of benzene rings is 2. The van der Waals surface area contributed by atoms with Crippen LogP contribution in [-0.2, 0) is 11.2 Å². The molecule has 2 fully saturated rings. The van der Waals surface area contributed by atoms with Gasteiger partial charge >= 0.3 is 0 Å². The quantitative estimate of drug-likeness (QED) is 0.735. The molecule has 2 aromatic rings. The van der Waals surface area contributed by atoms with Crippen LogP contribution in [0.1, 0.15) is 60.0 Å². The molecular formula is C27H30N2O5. The summed E-state index contributed by atoms with van der Waals surface area (Å²) in [5.41, 5.74) is 3.51. The highest BCUT2D eigenvalue weighted by atomic mass is 16.5. The van der Waals surface area contributed by atoms with Crippen LogP contribution in [0.3, 0.4) is 0 Å². The molecule has 1 N–H and O–H groups in total. The summed E-state index contributed by atoms with van der Waals surface area (Å²) in [5.74, 6) is 1.95. The third-order valence-electron chi connectivity index (χ3n) is 7.37. The highest BCUT2D eigenvalue weighted by Gasteiger charge is 2.42. The molecule has 0 radical (unpaired) electrons. The lowest BCUT2D eigenvalue weighted by molar-refractivity contribution is -0.116. The van der Waals surface area contributed by atoms with Crippen molar-refractivity contribution < 1.29 is 23.8 Å². The van der Waals surface area contributed by atoms with E-state index in [0.717, 1.165) is 36.1 Å². The molecule has 34 heavy (non-hydrogen) atoms. The number of nitrogens with zero attached hydrogens (tertiary/aromatic N) is 1. The lowest BCUT2D eigenvalue weighted by Gasteiger charge is -2.22. The first-order valence-corrected chi connectivity index (χ1v) is 12.4. The average Bonchev–Trinajstić information content (AvgIpc) is 3.44. The SMILES string of the molecule is Cc1cc2c(c(OC3CCCC3)c1)C(=O)N1C[C@@H](Oc3ccc4c(c3)NC(=O)CC4)C[C@@H]1CO2. The van der Waals surface area contributed by atoms with Crippen LogP contribution < -0.4 is 19.5 Å². The van der Waals surface area contributed by atoms with Crippen molar-refractivity contribution in [3.63, 3.8) is 0 Å². The second kappa shape index (κ2) is 8.53. The number of carbonyl (C=O) groups excluding carboxylic acids is 2. The molecular weight excluding hydrogens is 432 g/mol. The van der Waals surface area contributed by atoms with Crippen molar-refractivity contribution in [2.75, 3.05) is 18.5 Å². The molecule has 7 heteroatoms. The van der Waals surface area contributed by atoms with Gasteiger partial charge in [-0.05, 0) is 68.4 Å². The minimum atomic E-state index is -0.138. The second-order valence-corrected chi connectivity index (χ2v) is 9.93. The van der Waals surface area contributed by atoms with Crippen molar-refractivity contribution in [1.82, 2.24) is 4.90 Å². The van der Waals surface area contributed by atoms with Crippen molar-refractivity contribution in [3.05, 3.63) is 47.0 Å². The van der Waals surface area contributed by atoms with E-state index in [1.165, 1.54) is 12.8 Å². The van der Waals surface area contributed by atoms with Crippen molar-refractivity contribution in [2.24, 2.45) is 0 Å². The summed E-state index contributed by atoms with van der Waals surface area (Å²) >= 11 is 0. The fraction of sp³-hybridized carbons (Fsp3) is 0.481. The van der Waals surface area contributed by atoms with E-state index < -0.39 is 0 Å². The van der Waals surface area contributed by atoms with Crippen LogP contribution in [0.2, 0.25) is 0 Å². The number of carbonyl (C=O) groups is 2. The van der Waals surface area contributed by atoms with Crippen LogP contribution in [0.25, 0.3) is 0 Å². The molecule has 178 valence electrons. The van der Waals surface area contributed by atoms with Crippen molar-refractivity contribution in [1.29, 1.82) is 0 Å². The molecule has 1 saturated carbocycles. The Balaban J connectivity index is 1.21. The predicted octanol–water partition coefficient (Wildman–Crippen LogP) is 4.26. The highest BCUT2D eigenvalue weighted by Crippen LogP contribution is 2.39. The molecule has 1 saturated heterocycles. The Labute approximate surface area is 199 Å². The third-order valence-corrected chi connectivity index (χ3v) is 7.37. The van der Waals surface area contributed by atoms with E-state index in [1.807, 2.05) is 42.2 Å². The average molecular weight is 463 g/mol. The molecule has 4 aliphatic rings. The maximum atomic E-state index is 13.7. The first-order chi connectivity index (χ1) is 16.5. The first kappa shape index (κ1) is 21.3. The zero-order chi connectivity index (χ0) is 23.2. The number of hydrogen-bond donors (Lipinski definition) is 1. The fourth-order valence-corrected chi connectivity index (χ4v) is 5.64. The molecule has 0 bridgehead atoms. The number of ether oxygens (including phenoxy) is 3. The van der Waals surface area contributed by atoms with Crippen LogP contribution in [-0.4, -0.2) is 48.1 Å². The lowest BCUT2D eigenvalue weighted by Crippen LogP contribution is -2.37. The Kier molecular flexibility index (Phi) is 5.35. The lowest BCUT2D eigenvalue weighted by atomic mass is 10.0.